The molecule has 0 spiro atoms. The van der Waals surface area contributed by atoms with Crippen molar-refractivity contribution in [2.24, 2.45) is 0 Å². The first-order valence-electron chi connectivity index (χ1n) is 8.62. The van der Waals surface area contributed by atoms with Gasteiger partial charge < -0.3 is 15.4 Å². The number of halogens is 1. The van der Waals surface area contributed by atoms with Crippen LogP contribution in [-0.4, -0.2) is 31.5 Å². The molecule has 0 heterocycles. The minimum atomic E-state index is -0.675. The van der Waals surface area contributed by atoms with E-state index in [0.717, 1.165) is 16.9 Å². The van der Waals surface area contributed by atoms with Crippen LogP contribution in [0.15, 0.2) is 54.6 Å². The van der Waals surface area contributed by atoms with Crippen LogP contribution in [0.2, 0.25) is 0 Å². The molecule has 0 radical (unpaired) electrons. The molecule has 0 aliphatic carbocycles. The quantitative estimate of drug-likeness (QED) is 0.702. The number of methoxy groups -OCH3 is 1. The van der Waals surface area contributed by atoms with Crippen molar-refractivity contribution < 1.29 is 18.7 Å². The second-order valence-electron chi connectivity index (χ2n) is 6.01. The average Bonchev–Trinajstić information content (AvgIpc) is 2.66. The van der Waals surface area contributed by atoms with Crippen molar-refractivity contribution in [2.45, 2.75) is 19.4 Å². The Balaban J connectivity index is 1.75. The highest BCUT2D eigenvalue weighted by atomic mass is 19.1. The monoisotopic (exact) mass is 370 g/mol. The van der Waals surface area contributed by atoms with Crippen molar-refractivity contribution in [2.75, 3.05) is 13.7 Å². The lowest BCUT2D eigenvalue weighted by atomic mass is 10.1. The largest absolute Gasteiger partial charge is 0.497 e. The fourth-order valence-corrected chi connectivity index (χ4v) is 2.39. The van der Waals surface area contributed by atoms with Gasteiger partial charge in [-0.25, -0.2) is 4.39 Å². The molecule has 27 heavy (non-hydrogen) atoms. The maximum absolute atomic E-state index is 13.1. The maximum atomic E-state index is 13.1. The summed E-state index contributed by atoms with van der Waals surface area (Å²) in [6, 6.07) is 12.8. The third-order valence-electron chi connectivity index (χ3n) is 3.90. The van der Waals surface area contributed by atoms with E-state index in [1.165, 1.54) is 18.2 Å². The molecule has 0 saturated heterocycles. The van der Waals surface area contributed by atoms with E-state index in [2.05, 4.69) is 10.6 Å². The van der Waals surface area contributed by atoms with E-state index in [1.807, 2.05) is 12.1 Å². The summed E-state index contributed by atoms with van der Waals surface area (Å²) < 4.78 is 18.2. The number of carbonyl (C=O) groups is 2. The molecule has 0 aliphatic heterocycles. The van der Waals surface area contributed by atoms with Gasteiger partial charge in [-0.1, -0.05) is 24.3 Å². The van der Waals surface area contributed by atoms with Crippen LogP contribution in [0, 0.1) is 5.82 Å². The van der Waals surface area contributed by atoms with Crippen LogP contribution in [0.4, 0.5) is 4.39 Å². The van der Waals surface area contributed by atoms with Crippen molar-refractivity contribution in [3.63, 3.8) is 0 Å². The normalized spacial score (nSPS) is 11.8. The van der Waals surface area contributed by atoms with Crippen LogP contribution in [0.1, 0.15) is 18.1 Å². The van der Waals surface area contributed by atoms with Gasteiger partial charge in [0.25, 0.3) is 0 Å². The summed E-state index contributed by atoms with van der Waals surface area (Å²) in [6.45, 7) is 1.97. The number of ether oxygens (including phenoxy) is 1. The van der Waals surface area contributed by atoms with Crippen LogP contribution in [0.3, 0.4) is 0 Å². The molecule has 0 fully saturated rings. The number of rotatable bonds is 8. The Morgan fingerprint density at radius 3 is 2.59 bits per heavy atom. The lowest BCUT2D eigenvalue weighted by molar-refractivity contribution is -0.126. The van der Waals surface area contributed by atoms with Crippen molar-refractivity contribution in [1.82, 2.24) is 10.6 Å². The van der Waals surface area contributed by atoms with Crippen LogP contribution in [0.5, 0.6) is 5.75 Å². The molecule has 0 bridgehead atoms. The lowest BCUT2D eigenvalue weighted by Gasteiger charge is -2.13. The van der Waals surface area contributed by atoms with Crippen molar-refractivity contribution in [3.8, 4) is 5.75 Å². The van der Waals surface area contributed by atoms with Gasteiger partial charge in [0.15, 0.2) is 0 Å². The highest BCUT2D eigenvalue weighted by Gasteiger charge is 2.13. The van der Waals surface area contributed by atoms with E-state index in [4.69, 9.17) is 4.74 Å². The van der Waals surface area contributed by atoms with Gasteiger partial charge >= 0.3 is 0 Å². The molecule has 0 aromatic heterocycles. The molecule has 0 aliphatic rings. The zero-order valence-corrected chi connectivity index (χ0v) is 15.4. The van der Waals surface area contributed by atoms with Gasteiger partial charge in [0.2, 0.25) is 11.8 Å². The predicted molar refractivity (Wildman–Crippen MR) is 103 cm³/mol. The molecule has 2 aromatic rings. The van der Waals surface area contributed by atoms with Crippen LogP contribution in [0.25, 0.3) is 6.08 Å². The summed E-state index contributed by atoms with van der Waals surface area (Å²) in [5.74, 6) is -0.223. The first-order valence-corrected chi connectivity index (χ1v) is 8.62. The van der Waals surface area contributed by atoms with Gasteiger partial charge in [-0.2, -0.15) is 0 Å². The highest BCUT2D eigenvalue weighted by molar-refractivity contribution is 5.95. The fraction of sp³-hybridized carbons (Fsp3) is 0.238. The first kappa shape index (κ1) is 20.2. The van der Waals surface area contributed by atoms with E-state index in [-0.39, 0.29) is 17.6 Å². The molecule has 142 valence electrons. The Morgan fingerprint density at radius 2 is 1.93 bits per heavy atom. The first-order chi connectivity index (χ1) is 13.0. The number of benzene rings is 2. The maximum Gasteiger partial charge on any atom is 0.244 e. The van der Waals surface area contributed by atoms with Gasteiger partial charge in [0.1, 0.15) is 17.6 Å². The summed E-state index contributed by atoms with van der Waals surface area (Å²) in [5.41, 5.74) is 1.65. The molecule has 2 rings (SSSR count). The SMILES string of the molecule is COc1ccc(/C=C/C(=O)NC(C)C(=O)NCCc2cccc(F)c2)cc1. The van der Waals surface area contributed by atoms with E-state index < -0.39 is 6.04 Å². The molecule has 0 saturated carbocycles. The minimum absolute atomic E-state index is 0.294. The lowest BCUT2D eigenvalue weighted by Crippen LogP contribution is -2.44. The number of hydrogen-bond donors (Lipinski definition) is 2. The highest BCUT2D eigenvalue weighted by Crippen LogP contribution is 2.12. The molecule has 2 aromatic carbocycles. The van der Waals surface area contributed by atoms with Crippen molar-refractivity contribution in [1.29, 1.82) is 0 Å². The Bertz CT molecular complexity index is 803. The van der Waals surface area contributed by atoms with Crippen LogP contribution < -0.4 is 15.4 Å². The molecule has 6 heteroatoms. The van der Waals surface area contributed by atoms with Crippen LogP contribution in [-0.2, 0) is 16.0 Å². The Labute approximate surface area is 158 Å². The van der Waals surface area contributed by atoms with Crippen LogP contribution >= 0.6 is 0 Å². The Hall–Kier alpha value is -3.15. The minimum Gasteiger partial charge on any atom is -0.497 e. The van der Waals surface area contributed by atoms with E-state index in [9.17, 15) is 14.0 Å². The molecular formula is C21H23FN2O3. The number of amides is 2. The summed E-state index contributed by atoms with van der Waals surface area (Å²) in [5, 5.41) is 5.34. The molecule has 2 amide bonds. The summed E-state index contributed by atoms with van der Waals surface area (Å²) >= 11 is 0. The van der Waals surface area contributed by atoms with E-state index >= 15 is 0 Å². The Kier molecular flexibility index (Phi) is 7.55. The number of hydrogen-bond acceptors (Lipinski definition) is 3. The molecule has 5 nitrogen and oxygen atoms in total. The molecule has 2 N–H and O–H groups in total. The number of carbonyl (C=O) groups excluding carboxylic acids is 2. The molecule has 1 unspecified atom stereocenters. The Morgan fingerprint density at radius 1 is 1.19 bits per heavy atom. The van der Waals surface area contributed by atoms with Gasteiger partial charge in [-0.15, -0.1) is 0 Å². The third kappa shape index (κ3) is 6.93. The fourth-order valence-electron chi connectivity index (χ4n) is 2.39. The predicted octanol–water partition coefficient (Wildman–Crippen LogP) is 2.71. The summed E-state index contributed by atoms with van der Waals surface area (Å²) in [6.07, 6.45) is 3.54. The zero-order chi connectivity index (χ0) is 19.6. The molecule has 1 atom stereocenters. The smallest absolute Gasteiger partial charge is 0.244 e. The van der Waals surface area contributed by atoms with E-state index in [1.54, 1.807) is 44.4 Å². The topological polar surface area (TPSA) is 67.4 Å². The number of nitrogens with one attached hydrogen (secondary N) is 2. The second kappa shape index (κ2) is 10.1. The van der Waals surface area contributed by atoms with Gasteiger partial charge in [-0.3, -0.25) is 9.59 Å². The summed E-state index contributed by atoms with van der Waals surface area (Å²) in [7, 11) is 1.59. The summed E-state index contributed by atoms with van der Waals surface area (Å²) in [4.78, 5) is 24.0. The zero-order valence-electron chi connectivity index (χ0n) is 15.4. The van der Waals surface area contributed by atoms with Gasteiger partial charge in [-0.05, 0) is 54.8 Å². The third-order valence-corrected chi connectivity index (χ3v) is 3.90. The van der Waals surface area contributed by atoms with E-state index in [0.29, 0.717) is 13.0 Å². The van der Waals surface area contributed by atoms with Crippen molar-refractivity contribution >= 4 is 17.9 Å². The second-order valence-corrected chi connectivity index (χ2v) is 6.01. The molecular weight excluding hydrogens is 347 g/mol. The van der Waals surface area contributed by atoms with Gasteiger partial charge in [0.05, 0.1) is 7.11 Å². The van der Waals surface area contributed by atoms with Gasteiger partial charge in [0, 0.05) is 12.6 Å². The standard InChI is InChI=1S/C21H23FN2O3/c1-15(21(26)23-13-12-17-4-3-5-18(22)14-17)24-20(25)11-8-16-6-9-19(27-2)10-7-16/h3-11,14-15H,12-13H2,1-2H3,(H,23,26)(H,24,25)/b11-8+. The van der Waals surface area contributed by atoms with Crippen molar-refractivity contribution in [3.05, 3.63) is 71.6 Å². The average molecular weight is 370 g/mol.